The summed E-state index contributed by atoms with van der Waals surface area (Å²) in [7, 11) is 0. The number of fused-ring (bicyclic) bond motifs is 8. The highest BCUT2D eigenvalue weighted by atomic mass is 16.3. The first-order valence-electron chi connectivity index (χ1n) is 18.8. The van der Waals surface area contributed by atoms with Gasteiger partial charge < -0.3 is 13.9 Å². The van der Waals surface area contributed by atoms with Gasteiger partial charge in [0.15, 0.2) is 0 Å². The highest BCUT2D eigenvalue weighted by Gasteiger charge is 2.18. The fourth-order valence-corrected chi connectivity index (χ4v) is 8.35. The lowest BCUT2D eigenvalue weighted by Crippen LogP contribution is -2.10. The molecule has 0 unspecified atom stereocenters. The number of anilines is 3. The van der Waals surface area contributed by atoms with E-state index >= 15 is 0 Å². The lowest BCUT2D eigenvalue weighted by molar-refractivity contribution is 0.672. The number of furan rings is 1. The molecular weight excluding hydrogens is 669 g/mol. The Morgan fingerprint density at radius 1 is 0.345 bits per heavy atom. The molecule has 0 aliphatic heterocycles. The number of aromatic nitrogens is 1. The largest absolute Gasteiger partial charge is 0.455 e. The van der Waals surface area contributed by atoms with Crippen LogP contribution >= 0.6 is 0 Å². The van der Waals surface area contributed by atoms with E-state index < -0.39 is 0 Å². The van der Waals surface area contributed by atoms with Gasteiger partial charge in [0.25, 0.3) is 0 Å². The van der Waals surface area contributed by atoms with Crippen molar-refractivity contribution in [2.75, 3.05) is 4.90 Å². The molecule has 0 atom stereocenters. The number of para-hydroxylation sites is 3. The van der Waals surface area contributed by atoms with Crippen LogP contribution in [0.15, 0.2) is 211 Å². The van der Waals surface area contributed by atoms with Crippen LogP contribution in [0.3, 0.4) is 0 Å². The molecule has 0 N–H and O–H groups in total. The van der Waals surface area contributed by atoms with E-state index in [1.807, 2.05) is 12.1 Å². The number of hydrogen-bond donors (Lipinski definition) is 0. The van der Waals surface area contributed by atoms with Crippen LogP contribution in [-0.4, -0.2) is 4.57 Å². The molecule has 258 valence electrons. The van der Waals surface area contributed by atoms with Crippen molar-refractivity contribution in [3.05, 3.63) is 206 Å². The van der Waals surface area contributed by atoms with Crippen LogP contribution < -0.4 is 4.90 Å². The Bertz CT molecular complexity index is 3190. The van der Waals surface area contributed by atoms with Gasteiger partial charge in [-0.05, 0) is 113 Å². The molecule has 3 nitrogen and oxygen atoms in total. The molecule has 0 aliphatic rings. The van der Waals surface area contributed by atoms with Crippen LogP contribution in [0.5, 0.6) is 0 Å². The van der Waals surface area contributed by atoms with Gasteiger partial charge in [0.05, 0.1) is 11.0 Å². The maximum absolute atomic E-state index is 6.34. The average molecular weight is 703 g/mol. The third kappa shape index (κ3) is 5.20. The minimum absolute atomic E-state index is 0.921. The van der Waals surface area contributed by atoms with Gasteiger partial charge in [-0.15, -0.1) is 0 Å². The monoisotopic (exact) mass is 702 g/mol. The molecule has 0 saturated heterocycles. The molecule has 0 amide bonds. The van der Waals surface area contributed by atoms with Crippen molar-refractivity contribution in [1.29, 1.82) is 0 Å². The highest BCUT2D eigenvalue weighted by molar-refractivity contribution is 6.15. The quantitative estimate of drug-likeness (QED) is 0.172. The highest BCUT2D eigenvalue weighted by Crippen LogP contribution is 2.42. The maximum Gasteiger partial charge on any atom is 0.143 e. The van der Waals surface area contributed by atoms with Gasteiger partial charge in [-0.25, -0.2) is 0 Å². The first-order valence-corrected chi connectivity index (χ1v) is 18.8. The molecule has 2 heterocycles. The summed E-state index contributed by atoms with van der Waals surface area (Å²) in [6.07, 6.45) is 0. The second kappa shape index (κ2) is 12.6. The van der Waals surface area contributed by atoms with Gasteiger partial charge >= 0.3 is 0 Å². The normalized spacial score (nSPS) is 11.6. The second-order valence-electron chi connectivity index (χ2n) is 14.2. The van der Waals surface area contributed by atoms with E-state index in [1.165, 1.54) is 38.5 Å². The minimum Gasteiger partial charge on any atom is -0.455 e. The molecular formula is C52H34N2O. The number of hydrogen-bond acceptors (Lipinski definition) is 2. The summed E-state index contributed by atoms with van der Waals surface area (Å²) in [5, 5.41) is 7.04. The molecule has 0 bridgehead atoms. The first kappa shape index (κ1) is 31.2. The molecule has 0 spiro atoms. The van der Waals surface area contributed by atoms with Gasteiger partial charge in [0, 0.05) is 49.7 Å². The van der Waals surface area contributed by atoms with E-state index in [0.717, 1.165) is 61.0 Å². The molecule has 2 aromatic heterocycles. The van der Waals surface area contributed by atoms with Crippen LogP contribution in [0.4, 0.5) is 17.1 Å². The summed E-state index contributed by atoms with van der Waals surface area (Å²) >= 11 is 0. The smallest absolute Gasteiger partial charge is 0.143 e. The van der Waals surface area contributed by atoms with E-state index in [0.29, 0.717) is 0 Å². The van der Waals surface area contributed by atoms with Gasteiger partial charge in [-0.1, -0.05) is 121 Å². The van der Waals surface area contributed by atoms with E-state index in [4.69, 9.17) is 4.42 Å². The molecule has 9 aromatic carbocycles. The zero-order valence-corrected chi connectivity index (χ0v) is 29.9. The van der Waals surface area contributed by atoms with Crippen LogP contribution in [-0.2, 0) is 0 Å². The average Bonchev–Trinajstić information content (AvgIpc) is 3.81. The van der Waals surface area contributed by atoms with Crippen molar-refractivity contribution in [1.82, 2.24) is 4.57 Å². The SMILES string of the molecule is c1ccc(-c2cccc(N(c3ccc(-c4ccc5c(ccc6c7ccccc7oc56)c4)cc3)c3ccc4c(c3)c3ccccc3n4-c3ccccc3)c2)cc1. The fraction of sp³-hybridized carbons (Fsp3) is 0. The Hall–Kier alpha value is -7.36. The Labute approximate surface area is 318 Å². The summed E-state index contributed by atoms with van der Waals surface area (Å²) in [5.74, 6) is 0. The van der Waals surface area contributed by atoms with Crippen molar-refractivity contribution in [3.8, 4) is 27.9 Å². The zero-order chi connectivity index (χ0) is 36.3. The zero-order valence-electron chi connectivity index (χ0n) is 29.9. The van der Waals surface area contributed by atoms with E-state index in [2.05, 4.69) is 204 Å². The summed E-state index contributed by atoms with van der Waals surface area (Å²) in [5.41, 5.74) is 13.4. The predicted octanol–water partition coefficient (Wildman–Crippen LogP) is 14.6. The van der Waals surface area contributed by atoms with Crippen LogP contribution in [0.2, 0.25) is 0 Å². The number of benzene rings is 9. The van der Waals surface area contributed by atoms with Crippen LogP contribution in [0, 0.1) is 0 Å². The van der Waals surface area contributed by atoms with Crippen molar-refractivity contribution in [3.63, 3.8) is 0 Å². The lowest BCUT2D eigenvalue weighted by Gasteiger charge is -2.26. The summed E-state index contributed by atoms with van der Waals surface area (Å²) < 4.78 is 8.71. The van der Waals surface area contributed by atoms with Crippen LogP contribution in [0.1, 0.15) is 0 Å². The summed E-state index contributed by atoms with van der Waals surface area (Å²) in [6.45, 7) is 0. The molecule has 0 aliphatic carbocycles. The summed E-state index contributed by atoms with van der Waals surface area (Å²) in [6, 6.07) is 74.0. The van der Waals surface area contributed by atoms with Crippen molar-refractivity contribution in [2.45, 2.75) is 0 Å². The molecule has 0 radical (unpaired) electrons. The molecule has 0 fully saturated rings. The van der Waals surface area contributed by atoms with E-state index in [-0.39, 0.29) is 0 Å². The topological polar surface area (TPSA) is 21.3 Å². The molecule has 11 aromatic rings. The van der Waals surface area contributed by atoms with E-state index in [1.54, 1.807) is 0 Å². The molecule has 0 saturated carbocycles. The van der Waals surface area contributed by atoms with Gasteiger partial charge in [-0.2, -0.15) is 0 Å². The van der Waals surface area contributed by atoms with Crippen LogP contribution in [0.25, 0.3) is 82.5 Å². The number of rotatable bonds is 6. The molecule has 11 rings (SSSR count). The predicted molar refractivity (Wildman–Crippen MR) is 231 cm³/mol. The van der Waals surface area contributed by atoms with Gasteiger partial charge in [0.1, 0.15) is 11.2 Å². The summed E-state index contributed by atoms with van der Waals surface area (Å²) in [4.78, 5) is 2.38. The second-order valence-corrected chi connectivity index (χ2v) is 14.2. The Morgan fingerprint density at radius 3 is 1.82 bits per heavy atom. The molecule has 55 heavy (non-hydrogen) atoms. The van der Waals surface area contributed by atoms with Crippen molar-refractivity contribution >= 4 is 71.6 Å². The van der Waals surface area contributed by atoms with E-state index in [9.17, 15) is 0 Å². The number of nitrogens with zero attached hydrogens (tertiary/aromatic N) is 2. The lowest BCUT2D eigenvalue weighted by atomic mass is 9.99. The Kier molecular flexibility index (Phi) is 7.17. The first-order chi connectivity index (χ1) is 27.3. The van der Waals surface area contributed by atoms with Crippen molar-refractivity contribution < 1.29 is 4.42 Å². The third-order valence-electron chi connectivity index (χ3n) is 11.0. The standard InChI is InChI=1S/C52H34N2O/c1-3-12-35(13-4-1)37-14-11-17-42(33-37)53(43-28-31-50-48(34-43)45-18-7-9-20-49(45)54(50)40-15-5-2-6-16-40)41-26-22-36(23-27-41)38-24-29-44-39(32-38)25-30-47-46-19-8-10-21-51(46)55-52(44)47/h1-34H. The Balaban J connectivity index is 1.04. The van der Waals surface area contributed by atoms with Gasteiger partial charge in [0.2, 0.25) is 0 Å². The van der Waals surface area contributed by atoms with Gasteiger partial charge in [-0.3, -0.25) is 0 Å². The minimum atomic E-state index is 0.921. The molecule has 3 heteroatoms. The van der Waals surface area contributed by atoms with Crippen molar-refractivity contribution in [2.24, 2.45) is 0 Å². The Morgan fingerprint density at radius 2 is 0.964 bits per heavy atom. The fourth-order valence-electron chi connectivity index (χ4n) is 8.35. The third-order valence-corrected chi connectivity index (χ3v) is 11.0. The maximum atomic E-state index is 6.34.